The number of hydrogen-bond acceptors (Lipinski definition) is 3. The largest absolute Gasteiger partial charge is 0.490 e. The molecule has 1 atom stereocenters. The van der Waals surface area contributed by atoms with E-state index in [0.717, 1.165) is 44.0 Å². The van der Waals surface area contributed by atoms with Gasteiger partial charge >= 0.3 is 0 Å². The molecule has 0 bridgehead atoms. The standard InChI is InChI=1S/C13H17NO2/c14-11-4-1-3-9-7-12-13(8-10(9)11)16-6-2-5-15-12/h7-8,11H,1-6,14H2/t11-/m0/s1. The second-order valence-corrected chi connectivity index (χ2v) is 4.55. The summed E-state index contributed by atoms with van der Waals surface area (Å²) in [6.45, 7) is 1.48. The molecule has 0 saturated carbocycles. The summed E-state index contributed by atoms with van der Waals surface area (Å²) in [7, 11) is 0. The van der Waals surface area contributed by atoms with Crippen molar-refractivity contribution in [1.82, 2.24) is 0 Å². The van der Waals surface area contributed by atoms with Crippen LogP contribution in [0, 0.1) is 0 Å². The Labute approximate surface area is 95.5 Å². The lowest BCUT2D eigenvalue weighted by atomic mass is 9.88. The molecule has 3 heteroatoms. The topological polar surface area (TPSA) is 44.5 Å². The second kappa shape index (κ2) is 3.98. The van der Waals surface area contributed by atoms with Crippen molar-refractivity contribution in [2.75, 3.05) is 13.2 Å². The van der Waals surface area contributed by atoms with Gasteiger partial charge in [-0.25, -0.2) is 0 Å². The fourth-order valence-corrected chi connectivity index (χ4v) is 2.50. The van der Waals surface area contributed by atoms with E-state index in [1.54, 1.807) is 0 Å². The van der Waals surface area contributed by atoms with Crippen LogP contribution in [0.2, 0.25) is 0 Å². The normalized spacial score (nSPS) is 23.4. The summed E-state index contributed by atoms with van der Waals surface area (Å²) in [4.78, 5) is 0. The SMILES string of the molecule is N[C@H]1CCCc2cc3c(cc21)OCCCO3. The van der Waals surface area contributed by atoms with Crippen LogP contribution in [-0.2, 0) is 6.42 Å². The van der Waals surface area contributed by atoms with E-state index < -0.39 is 0 Å². The fourth-order valence-electron chi connectivity index (χ4n) is 2.50. The molecule has 16 heavy (non-hydrogen) atoms. The maximum absolute atomic E-state index is 6.12. The molecule has 0 fully saturated rings. The maximum atomic E-state index is 6.12. The van der Waals surface area contributed by atoms with E-state index in [2.05, 4.69) is 12.1 Å². The van der Waals surface area contributed by atoms with Crippen LogP contribution >= 0.6 is 0 Å². The van der Waals surface area contributed by atoms with E-state index in [-0.39, 0.29) is 6.04 Å². The van der Waals surface area contributed by atoms with Crippen molar-refractivity contribution in [3.8, 4) is 11.5 Å². The molecular formula is C13H17NO2. The van der Waals surface area contributed by atoms with Gasteiger partial charge < -0.3 is 15.2 Å². The van der Waals surface area contributed by atoms with E-state index in [0.29, 0.717) is 0 Å². The van der Waals surface area contributed by atoms with Crippen molar-refractivity contribution >= 4 is 0 Å². The first kappa shape index (κ1) is 9.97. The van der Waals surface area contributed by atoms with Crippen molar-refractivity contribution in [2.24, 2.45) is 5.73 Å². The minimum absolute atomic E-state index is 0.168. The smallest absolute Gasteiger partial charge is 0.161 e. The number of aryl methyl sites for hydroxylation is 1. The highest BCUT2D eigenvalue weighted by atomic mass is 16.5. The third-order valence-electron chi connectivity index (χ3n) is 3.37. The van der Waals surface area contributed by atoms with Gasteiger partial charge in [-0.05, 0) is 42.5 Å². The van der Waals surface area contributed by atoms with Crippen molar-refractivity contribution in [3.63, 3.8) is 0 Å². The van der Waals surface area contributed by atoms with Crippen LogP contribution in [0.5, 0.6) is 11.5 Å². The van der Waals surface area contributed by atoms with Crippen LogP contribution in [0.4, 0.5) is 0 Å². The van der Waals surface area contributed by atoms with Gasteiger partial charge in [0.1, 0.15) is 0 Å². The lowest BCUT2D eigenvalue weighted by Gasteiger charge is -2.23. The molecule has 86 valence electrons. The van der Waals surface area contributed by atoms with E-state index >= 15 is 0 Å². The maximum Gasteiger partial charge on any atom is 0.161 e. The molecule has 0 aromatic heterocycles. The minimum atomic E-state index is 0.168. The first-order valence-corrected chi connectivity index (χ1v) is 6.02. The number of fused-ring (bicyclic) bond motifs is 2. The van der Waals surface area contributed by atoms with Crippen molar-refractivity contribution in [3.05, 3.63) is 23.3 Å². The highest BCUT2D eigenvalue weighted by Gasteiger charge is 2.21. The van der Waals surface area contributed by atoms with Crippen molar-refractivity contribution in [1.29, 1.82) is 0 Å². The first-order valence-electron chi connectivity index (χ1n) is 6.02. The summed E-state index contributed by atoms with van der Waals surface area (Å²) < 4.78 is 11.4. The molecule has 3 rings (SSSR count). The van der Waals surface area contributed by atoms with Gasteiger partial charge in [0, 0.05) is 12.5 Å². The highest BCUT2D eigenvalue weighted by molar-refractivity contribution is 5.49. The zero-order valence-electron chi connectivity index (χ0n) is 9.37. The van der Waals surface area contributed by atoms with Gasteiger partial charge in [-0.2, -0.15) is 0 Å². The van der Waals surface area contributed by atoms with E-state index in [9.17, 15) is 0 Å². The van der Waals surface area contributed by atoms with Gasteiger partial charge in [0.05, 0.1) is 13.2 Å². The van der Waals surface area contributed by atoms with E-state index in [1.165, 1.54) is 17.5 Å². The lowest BCUT2D eigenvalue weighted by molar-refractivity contribution is 0.297. The number of nitrogens with two attached hydrogens (primary N) is 1. The third kappa shape index (κ3) is 1.65. The van der Waals surface area contributed by atoms with Crippen LogP contribution in [0.3, 0.4) is 0 Å². The summed E-state index contributed by atoms with van der Waals surface area (Å²) in [5, 5.41) is 0. The predicted octanol–water partition coefficient (Wildman–Crippen LogP) is 2.18. The molecule has 1 aliphatic carbocycles. The van der Waals surface area contributed by atoms with Crippen molar-refractivity contribution in [2.45, 2.75) is 31.7 Å². The molecule has 1 aromatic carbocycles. The average molecular weight is 219 g/mol. The van der Waals surface area contributed by atoms with Crippen LogP contribution in [0.1, 0.15) is 36.4 Å². The Hall–Kier alpha value is -1.22. The zero-order valence-corrected chi connectivity index (χ0v) is 9.37. The Morgan fingerprint density at radius 3 is 2.62 bits per heavy atom. The Balaban J connectivity index is 2.05. The van der Waals surface area contributed by atoms with Gasteiger partial charge in [0.2, 0.25) is 0 Å². The Kier molecular flexibility index (Phi) is 2.48. The molecule has 0 unspecified atom stereocenters. The second-order valence-electron chi connectivity index (χ2n) is 4.55. The van der Waals surface area contributed by atoms with Crippen LogP contribution in [-0.4, -0.2) is 13.2 Å². The highest BCUT2D eigenvalue weighted by Crippen LogP contribution is 2.38. The fraction of sp³-hybridized carbons (Fsp3) is 0.538. The molecule has 2 aliphatic rings. The lowest BCUT2D eigenvalue weighted by Crippen LogP contribution is -2.17. The quantitative estimate of drug-likeness (QED) is 0.727. The molecule has 1 aromatic rings. The number of hydrogen-bond donors (Lipinski definition) is 1. The van der Waals surface area contributed by atoms with E-state index in [4.69, 9.17) is 15.2 Å². The van der Waals surface area contributed by atoms with Gasteiger partial charge in [-0.1, -0.05) is 0 Å². The van der Waals surface area contributed by atoms with Crippen molar-refractivity contribution < 1.29 is 9.47 Å². The summed E-state index contributed by atoms with van der Waals surface area (Å²) >= 11 is 0. The monoisotopic (exact) mass is 219 g/mol. The Bertz CT molecular complexity index is 403. The Morgan fingerprint density at radius 1 is 1.06 bits per heavy atom. The average Bonchev–Trinajstić information content (AvgIpc) is 2.52. The van der Waals surface area contributed by atoms with Gasteiger partial charge in [0.25, 0.3) is 0 Å². The van der Waals surface area contributed by atoms with E-state index in [1.807, 2.05) is 0 Å². The number of benzene rings is 1. The van der Waals surface area contributed by atoms with Gasteiger partial charge in [-0.15, -0.1) is 0 Å². The number of rotatable bonds is 0. The molecule has 0 spiro atoms. The first-order chi connectivity index (χ1) is 7.84. The molecular weight excluding hydrogens is 202 g/mol. The van der Waals surface area contributed by atoms with Crippen LogP contribution in [0.15, 0.2) is 12.1 Å². The summed E-state index contributed by atoms with van der Waals surface area (Å²) in [6.07, 6.45) is 4.31. The molecule has 3 nitrogen and oxygen atoms in total. The summed E-state index contributed by atoms with van der Waals surface area (Å²) in [6, 6.07) is 4.37. The molecule has 1 aliphatic heterocycles. The van der Waals surface area contributed by atoms with Gasteiger partial charge in [0.15, 0.2) is 11.5 Å². The van der Waals surface area contributed by atoms with Gasteiger partial charge in [-0.3, -0.25) is 0 Å². The zero-order chi connectivity index (χ0) is 11.0. The summed E-state index contributed by atoms with van der Waals surface area (Å²) in [5.41, 5.74) is 8.70. The number of ether oxygens (including phenoxy) is 2. The molecule has 2 N–H and O–H groups in total. The van der Waals surface area contributed by atoms with Crippen LogP contribution in [0.25, 0.3) is 0 Å². The third-order valence-corrected chi connectivity index (χ3v) is 3.37. The molecule has 1 heterocycles. The molecule has 0 amide bonds. The van der Waals surface area contributed by atoms with Crippen LogP contribution < -0.4 is 15.2 Å². The minimum Gasteiger partial charge on any atom is -0.490 e. The predicted molar refractivity (Wildman–Crippen MR) is 61.9 cm³/mol. The molecule has 0 saturated heterocycles. The molecule has 0 radical (unpaired) electrons. The summed E-state index contributed by atoms with van der Waals surface area (Å²) in [5.74, 6) is 1.76. The Morgan fingerprint density at radius 2 is 1.81 bits per heavy atom.